The van der Waals surface area contributed by atoms with Crippen molar-refractivity contribution in [2.45, 2.75) is 13.0 Å². The fourth-order valence-electron chi connectivity index (χ4n) is 1.80. The lowest BCUT2D eigenvalue weighted by Crippen LogP contribution is -2.41. The number of hydrogen-bond donors (Lipinski definition) is 1. The molecule has 2 N–H and O–H groups in total. The van der Waals surface area contributed by atoms with Crippen LogP contribution in [-0.2, 0) is 4.74 Å². The van der Waals surface area contributed by atoms with Crippen molar-refractivity contribution in [3.05, 3.63) is 16.9 Å². The highest BCUT2D eigenvalue weighted by atomic mass is 79.9. The van der Waals surface area contributed by atoms with Crippen LogP contribution in [0.5, 0.6) is 0 Å². The second kappa shape index (κ2) is 4.37. The Morgan fingerprint density at radius 1 is 1.60 bits per heavy atom. The summed E-state index contributed by atoms with van der Waals surface area (Å²) in [5, 5.41) is 0. The molecule has 1 fully saturated rings. The van der Waals surface area contributed by atoms with Gasteiger partial charge in [0.05, 0.1) is 34.8 Å². The lowest BCUT2D eigenvalue weighted by Gasteiger charge is -2.34. The van der Waals surface area contributed by atoms with E-state index >= 15 is 0 Å². The molecule has 82 valence electrons. The number of aromatic nitrogens is 1. The normalized spacial score (nSPS) is 21.7. The smallest absolute Gasteiger partial charge is 0.0777 e. The summed E-state index contributed by atoms with van der Waals surface area (Å²) in [4.78, 5) is 6.26. The molecule has 1 aromatic rings. The number of ether oxygens (including phenoxy) is 1. The Labute approximate surface area is 97.6 Å². The van der Waals surface area contributed by atoms with Crippen LogP contribution in [0.3, 0.4) is 0 Å². The van der Waals surface area contributed by atoms with E-state index in [1.165, 1.54) is 0 Å². The molecule has 0 bridgehead atoms. The number of morpholine rings is 1. The first-order valence-electron chi connectivity index (χ1n) is 4.94. The minimum absolute atomic E-state index is 0.248. The van der Waals surface area contributed by atoms with Gasteiger partial charge in [-0.05, 0) is 22.9 Å². The van der Waals surface area contributed by atoms with E-state index in [1.54, 1.807) is 12.4 Å². The van der Waals surface area contributed by atoms with Crippen LogP contribution in [0.2, 0.25) is 0 Å². The van der Waals surface area contributed by atoms with Gasteiger partial charge in [0.1, 0.15) is 0 Å². The SMILES string of the molecule is CC1CN(c2c(N)cncc2Br)CCO1. The number of halogens is 1. The fourth-order valence-corrected chi connectivity index (χ4v) is 2.40. The van der Waals surface area contributed by atoms with Gasteiger partial charge in [-0.1, -0.05) is 0 Å². The molecule has 1 aromatic heterocycles. The van der Waals surface area contributed by atoms with Crippen molar-refractivity contribution in [2.75, 3.05) is 30.3 Å². The predicted octanol–water partition coefficient (Wildman–Crippen LogP) is 1.65. The Morgan fingerprint density at radius 2 is 2.40 bits per heavy atom. The number of rotatable bonds is 1. The topological polar surface area (TPSA) is 51.4 Å². The molecule has 0 saturated carbocycles. The summed E-state index contributed by atoms with van der Waals surface area (Å²) in [6.07, 6.45) is 3.70. The van der Waals surface area contributed by atoms with Gasteiger partial charge in [-0.15, -0.1) is 0 Å². The Morgan fingerprint density at radius 3 is 3.07 bits per heavy atom. The zero-order valence-electron chi connectivity index (χ0n) is 8.61. The van der Waals surface area contributed by atoms with Gasteiger partial charge in [0.2, 0.25) is 0 Å². The maximum Gasteiger partial charge on any atom is 0.0777 e. The Balaban J connectivity index is 2.28. The molecule has 1 unspecified atom stereocenters. The number of nitrogens with two attached hydrogens (primary N) is 1. The lowest BCUT2D eigenvalue weighted by molar-refractivity contribution is 0.0532. The van der Waals surface area contributed by atoms with Crippen LogP contribution < -0.4 is 10.6 Å². The molecule has 2 rings (SSSR count). The highest BCUT2D eigenvalue weighted by molar-refractivity contribution is 9.10. The zero-order chi connectivity index (χ0) is 10.8. The van der Waals surface area contributed by atoms with Crippen LogP contribution in [0.15, 0.2) is 16.9 Å². The van der Waals surface area contributed by atoms with Gasteiger partial charge in [-0.3, -0.25) is 4.98 Å². The number of anilines is 2. The molecule has 5 heteroatoms. The molecule has 1 saturated heterocycles. The number of pyridine rings is 1. The van der Waals surface area contributed by atoms with Crippen molar-refractivity contribution < 1.29 is 4.74 Å². The van der Waals surface area contributed by atoms with Gasteiger partial charge in [-0.2, -0.15) is 0 Å². The summed E-state index contributed by atoms with van der Waals surface area (Å²) < 4.78 is 6.44. The second-order valence-electron chi connectivity index (χ2n) is 3.69. The quantitative estimate of drug-likeness (QED) is 0.844. The van der Waals surface area contributed by atoms with E-state index in [0.717, 1.165) is 29.9 Å². The van der Waals surface area contributed by atoms with Crippen LogP contribution >= 0.6 is 15.9 Å². The first-order chi connectivity index (χ1) is 7.18. The van der Waals surface area contributed by atoms with Crippen LogP contribution in [0.4, 0.5) is 11.4 Å². The average molecular weight is 272 g/mol. The Bertz CT molecular complexity index is 338. The summed E-state index contributed by atoms with van der Waals surface area (Å²) in [5.74, 6) is 0. The maximum absolute atomic E-state index is 5.92. The highest BCUT2D eigenvalue weighted by Gasteiger charge is 2.20. The molecular formula is C10H14BrN3O. The van der Waals surface area contributed by atoms with Gasteiger partial charge >= 0.3 is 0 Å². The van der Waals surface area contributed by atoms with E-state index in [-0.39, 0.29) is 6.10 Å². The van der Waals surface area contributed by atoms with E-state index in [0.29, 0.717) is 5.69 Å². The molecule has 4 nitrogen and oxygen atoms in total. The summed E-state index contributed by atoms with van der Waals surface area (Å²) in [5.41, 5.74) is 7.66. The summed E-state index contributed by atoms with van der Waals surface area (Å²) >= 11 is 3.48. The summed E-state index contributed by atoms with van der Waals surface area (Å²) in [6.45, 7) is 4.55. The summed E-state index contributed by atoms with van der Waals surface area (Å²) in [6, 6.07) is 0. The van der Waals surface area contributed by atoms with E-state index in [1.807, 2.05) is 0 Å². The van der Waals surface area contributed by atoms with Crippen LogP contribution in [0.25, 0.3) is 0 Å². The van der Waals surface area contributed by atoms with Gasteiger partial charge in [0.25, 0.3) is 0 Å². The standard InChI is InChI=1S/C10H14BrN3O/c1-7-6-14(2-3-15-7)10-8(11)4-13-5-9(10)12/h4-5,7H,2-3,6,12H2,1H3. The minimum atomic E-state index is 0.248. The second-order valence-corrected chi connectivity index (χ2v) is 4.54. The van der Waals surface area contributed by atoms with Crippen LogP contribution in [0.1, 0.15) is 6.92 Å². The summed E-state index contributed by atoms with van der Waals surface area (Å²) in [7, 11) is 0. The third-order valence-corrected chi connectivity index (χ3v) is 3.04. The molecule has 1 atom stereocenters. The Kier molecular flexibility index (Phi) is 3.11. The number of nitrogen functional groups attached to an aromatic ring is 1. The molecule has 0 amide bonds. The van der Waals surface area contributed by atoms with Crippen molar-refractivity contribution in [1.82, 2.24) is 4.98 Å². The van der Waals surface area contributed by atoms with Crippen molar-refractivity contribution >= 4 is 27.3 Å². The molecule has 1 aliphatic rings. The molecule has 2 heterocycles. The van der Waals surface area contributed by atoms with Crippen molar-refractivity contribution in [2.24, 2.45) is 0 Å². The highest BCUT2D eigenvalue weighted by Crippen LogP contribution is 2.32. The van der Waals surface area contributed by atoms with E-state index in [2.05, 4.69) is 32.7 Å². The van der Waals surface area contributed by atoms with E-state index in [4.69, 9.17) is 10.5 Å². The third kappa shape index (κ3) is 2.23. The molecular weight excluding hydrogens is 258 g/mol. The third-order valence-electron chi connectivity index (χ3n) is 2.46. The van der Waals surface area contributed by atoms with Gasteiger partial charge in [0, 0.05) is 19.3 Å². The lowest BCUT2D eigenvalue weighted by atomic mass is 10.2. The largest absolute Gasteiger partial charge is 0.396 e. The molecule has 0 aliphatic carbocycles. The molecule has 0 radical (unpaired) electrons. The predicted molar refractivity (Wildman–Crippen MR) is 64.0 cm³/mol. The van der Waals surface area contributed by atoms with Crippen LogP contribution in [0, 0.1) is 0 Å². The van der Waals surface area contributed by atoms with Crippen molar-refractivity contribution in [1.29, 1.82) is 0 Å². The molecule has 1 aliphatic heterocycles. The van der Waals surface area contributed by atoms with Gasteiger partial charge in [-0.25, -0.2) is 0 Å². The maximum atomic E-state index is 5.92. The van der Waals surface area contributed by atoms with Crippen molar-refractivity contribution in [3.63, 3.8) is 0 Å². The monoisotopic (exact) mass is 271 g/mol. The van der Waals surface area contributed by atoms with Gasteiger partial charge in [0.15, 0.2) is 0 Å². The van der Waals surface area contributed by atoms with Gasteiger partial charge < -0.3 is 15.4 Å². The van der Waals surface area contributed by atoms with Crippen LogP contribution in [-0.4, -0.2) is 30.8 Å². The van der Waals surface area contributed by atoms with E-state index < -0.39 is 0 Å². The zero-order valence-corrected chi connectivity index (χ0v) is 10.2. The number of nitrogens with zero attached hydrogens (tertiary/aromatic N) is 2. The first kappa shape index (κ1) is 10.7. The fraction of sp³-hybridized carbons (Fsp3) is 0.500. The molecule has 0 spiro atoms. The minimum Gasteiger partial charge on any atom is -0.396 e. The average Bonchev–Trinajstić information content (AvgIpc) is 2.17. The van der Waals surface area contributed by atoms with E-state index in [9.17, 15) is 0 Å². The molecule has 0 aromatic carbocycles. The first-order valence-corrected chi connectivity index (χ1v) is 5.73. The number of hydrogen-bond acceptors (Lipinski definition) is 4. The Hall–Kier alpha value is -0.810. The van der Waals surface area contributed by atoms with Crippen molar-refractivity contribution in [3.8, 4) is 0 Å². The molecule has 15 heavy (non-hydrogen) atoms.